The summed E-state index contributed by atoms with van der Waals surface area (Å²) in [6, 6.07) is 0. The predicted molar refractivity (Wildman–Crippen MR) is 64.8 cm³/mol. The SMILES string of the molecule is C=CCC(CC=C)(C(=O)NC)C(=O)N(C)C. The Bertz CT molecular complexity index is 285. The molecule has 0 heterocycles. The van der Waals surface area contributed by atoms with E-state index in [1.54, 1.807) is 26.2 Å². The van der Waals surface area contributed by atoms with Gasteiger partial charge in [0.1, 0.15) is 5.41 Å². The Morgan fingerprint density at radius 3 is 1.94 bits per heavy atom. The number of allylic oxidation sites excluding steroid dienone is 2. The van der Waals surface area contributed by atoms with Crippen molar-refractivity contribution >= 4 is 11.8 Å². The summed E-state index contributed by atoms with van der Waals surface area (Å²) in [5.41, 5.74) is -1.11. The van der Waals surface area contributed by atoms with Gasteiger partial charge in [-0.15, -0.1) is 13.2 Å². The lowest BCUT2D eigenvalue weighted by atomic mass is 9.78. The first kappa shape index (κ1) is 14.4. The van der Waals surface area contributed by atoms with E-state index in [1.165, 1.54) is 11.9 Å². The Morgan fingerprint density at radius 2 is 1.69 bits per heavy atom. The van der Waals surface area contributed by atoms with E-state index in [2.05, 4.69) is 18.5 Å². The predicted octanol–water partition coefficient (Wildman–Crippen LogP) is 0.959. The van der Waals surface area contributed by atoms with Crippen molar-refractivity contribution in [2.24, 2.45) is 5.41 Å². The summed E-state index contributed by atoms with van der Waals surface area (Å²) in [5.74, 6) is -0.530. The number of carbonyl (C=O) groups excluding carboxylic acids is 2. The minimum atomic E-state index is -1.11. The molecule has 4 nitrogen and oxygen atoms in total. The zero-order chi connectivity index (χ0) is 12.8. The quantitative estimate of drug-likeness (QED) is 0.539. The molecule has 0 spiro atoms. The molecule has 0 aliphatic heterocycles. The van der Waals surface area contributed by atoms with Gasteiger partial charge in [-0.05, 0) is 12.8 Å². The molecule has 0 unspecified atom stereocenters. The van der Waals surface area contributed by atoms with Crippen LogP contribution in [0.25, 0.3) is 0 Å². The molecule has 0 fully saturated rings. The van der Waals surface area contributed by atoms with Crippen LogP contribution in [0.15, 0.2) is 25.3 Å². The molecule has 0 aromatic heterocycles. The smallest absolute Gasteiger partial charge is 0.238 e. The molecule has 4 heteroatoms. The lowest BCUT2D eigenvalue weighted by Crippen LogP contribution is -2.49. The average Bonchev–Trinajstić information content (AvgIpc) is 2.26. The van der Waals surface area contributed by atoms with Gasteiger partial charge in [-0.2, -0.15) is 0 Å². The van der Waals surface area contributed by atoms with Gasteiger partial charge in [-0.1, -0.05) is 12.2 Å². The van der Waals surface area contributed by atoms with Gasteiger partial charge in [-0.3, -0.25) is 9.59 Å². The normalized spacial score (nSPS) is 10.4. The molecule has 0 saturated heterocycles. The van der Waals surface area contributed by atoms with E-state index in [1.807, 2.05) is 0 Å². The summed E-state index contributed by atoms with van der Waals surface area (Å²) in [7, 11) is 4.78. The van der Waals surface area contributed by atoms with E-state index < -0.39 is 5.41 Å². The van der Waals surface area contributed by atoms with Gasteiger partial charge in [-0.25, -0.2) is 0 Å². The van der Waals surface area contributed by atoms with Crippen LogP contribution in [0.3, 0.4) is 0 Å². The molecule has 0 aliphatic carbocycles. The fourth-order valence-corrected chi connectivity index (χ4v) is 1.70. The molecule has 0 aliphatic rings. The highest BCUT2D eigenvalue weighted by Gasteiger charge is 2.44. The molecule has 0 radical (unpaired) electrons. The maximum atomic E-state index is 12.1. The summed E-state index contributed by atoms with van der Waals surface area (Å²) in [6.07, 6.45) is 3.77. The van der Waals surface area contributed by atoms with Gasteiger partial charge in [0.15, 0.2) is 0 Å². The van der Waals surface area contributed by atoms with Crippen molar-refractivity contribution in [3.05, 3.63) is 25.3 Å². The van der Waals surface area contributed by atoms with Gasteiger partial charge < -0.3 is 10.2 Å². The zero-order valence-electron chi connectivity index (χ0n) is 10.2. The third kappa shape index (κ3) is 2.72. The minimum absolute atomic E-state index is 0.230. The molecule has 90 valence electrons. The van der Waals surface area contributed by atoms with Gasteiger partial charge in [0.05, 0.1) is 0 Å². The fraction of sp³-hybridized carbons (Fsp3) is 0.500. The van der Waals surface area contributed by atoms with Crippen molar-refractivity contribution in [3.63, 3.8) is 0 Å². The van der Waals surface area contributed by atoms with Crippen LogP contribution >= 0.6 is 0 Å². The number of hydrogen-bond acceptors (Lipinski definition) is 2. The first-order chi connectivity index (χ1) is 7.46. The molecule has 0 aromatic rings. The summed E-state index contributed by atoms with van der Waals surface area (Å²) in [4.78, 5) is 25.4. The molecule has 1 N–H and O–H groups in total. The first-order valence-corrected chi connectivity index (χ1v) is 5.12. The fourth-order valence-electron chi connectivity index (χ4n) is 1.70. The number of amides is 2. The Kier molecular flexibility index (Phi) is 5.50. The second-order valence-corrected chi connectivity index (χ2v) is 3.85. The standard InChI is InChI=1S/C12H20N2O2/c1-6-8-12(9-7-2,10(15)13-3)11(16)14(4)5/h6-7H,1-2,8-9H2,3-5H3,(H,13,15). The molecule has 2 amide bonds. The third-order valence-electron chi connectivity index (χ3n) is 2.46. The molecule has 0 bridgehead atoms. The lowest BCUT2D eigenvalue weighted by molar-refractivity contribution is -0.148. The summed E-state index contributed by atoms with van der Waals surface area (Å²) < 4.78 is 0. The second kappa shape index (κ2) is 6.10. The third-order valence-corrected chi connectivity index (χ3v) is 2.46. The van der Waals surface area contributed by atoms with E-state index >= 15 is 0 Å². The Labute approximate surface area is 97.0 Å². The van der Waals surface area contributed by atoms with Crippen LogP contribution in [0.2, 0.25) is 0 Å². The van der Waals surface area contributed by atoms with Gasteiger partial charge in [0.25, 0.3) is 0 Å². The monoisotopic (exact) mass is 224 g/mol. The topological polar surface area (TPSA) is 49.4 Å². The Balaban J connectivity index is 5.39. The molecule has 0 aromatic carbocycles. The van der Waals surface area contributed by atoms with Crippen LogP contribution in [-0.2, 0) is 9.59 Å². The molecule has 0 atom stereocenters. The maximum Gasteiger partial charge on any atom is 0.238 e. The maximum absolute atomic E-state index is 12.1. The van der Waals surface area contributed by atoms with Crippen molar-refractivity contribution in [1.29, 1.82) is 0 Å². The van der Waals surface area contributed by atoms with Gasteiger partial charge in [0, 0.05) is 21.1 Å². The number of nitrogens with one attached hydrogen (secondary N) is 1. The van der Waals surface area contributed by atoms with Crippen LogP contribution in [0, 0.1) is 5.41 Å². The largest absolute Gasteiger partial charge is 0.358 e. The van der Waals surface area contributed by atoms with Crippen molar-refractivity contribution < 1.29 is 9.59 Å². The van der Waals surface area contributed by atoms with E-state index in [0.717, 1.165) is 0 Å². The van der Waals surface area contributed by atoms with Crippen LogP contribution in [0.4, 0.5) is 0 Å². The number of nitrogens with zero attached hydrogens (tertiary/aromatic N) is 1. The van der Waals surface area contributed by atoms with E-state index in [-0.39, 0.29) is 11.8 Å². The average molecular weight is 224 g/mol. The van der Waals surface area contributed by atoms with E-state index in [0.29, 0.717) is 12.8 Å². The van der Waals surface area contributed by atoms with Crippen molar-refractivity contribution in [3.8, 4) is 0 Å². The van der Waals surface area contributed by atoms with Crippen LogP contribution < -0.4 is 5.32 Å². The van der Waals surface area contributed by atoms with E-state index in [4.69, 9.17) is 0 Å². The van der Waals surface area contributed by atoms with E-state index in [9.17, 15) is 9.59 Å². The Morgan fingerprint density at radius 1 is 1.25 bits per heavy atom. The highest BCUT2D eigenvalue weighted by Crippen LogP contribution is 2.30. The molecule has 0 saturated carbocycles. The molecular weight excluding hydrogens is 204 g/mol. The van der Waals surface area contributed by atoms with Gasteiger partial charge >= 0.3 is 0 Å². The summed E-state index contributed by atoms with van der Waals surface area (Å²) in [6.45, 7) is 7.20. The van der Waals surface area contributed by atoms with Crippen LogP contribution in [0.1, 0.15) is 12.8 Å². The highest BCUT2D eigenvalue weighted by molar-refractivity contribution is 6.05. The van der Waals surface area contributed by atoms with Crippen molar-refractivity contribution in [2.75, 3.05) is 21.1 Å². The Hall–Kier alpha value is -1.58. The number of hydrogen-bond donors (Lipinski definition) is 1. The molecule has 0 rings (SSSR count). The lowest BCUT2D eigenvalue weighted by Gasteiger charge is -2.31. The summed E-state index contributed by atoms with van der Waals surface area (Å²) >= 11 is 0. The first-order valence-electron chi connectivity index (χ1n) is 5.12. The second-order valence-electron chi connectivity index (χ2n) is 3.85. The van der Waals surface area contributed by atoms with Crippen LogP contribution in [-0.4, -0.2) is 37.9 Å². The number of rotatable bonds is 6. The number of carbonyl (C=O) groups is 2. The van der Waals surface area contributed by atoms with Crippen LogP contribution in [0.5, 0.6) is 0 Å². The molecular formula is C12H20N2O2. The van der Waals surface area contributed by atoms with Crippen molar-refractivity contribution in [1.82, 2.24) is 10.2 Å². The van der Waals surface area contributed by atoms with Crippen molar-refractivity contribution in [2.45, 2.75) is 12.8 Å². The van der Waals surface area contributed by atoms with Gasteiger partial charge in [0.2, 0.25) is 11.8 Å². The molecule has 16 heavy (non-hydrogen) atoms. The zero-order valence-corrected chi connectivity index (χ0v) is 10.2. The summed E-state index contributed by atoms with van der Waals surface area (Å²) in [5, 5.41) is 2.53. The minimum Gasteiger partial charge on any atom is -0.358 e. The highest BCUT2D eigenvalue weighted by atomic mass is 16.2.